The van der Waals surface area contributed by atoms with Gasteiger partial charge in [0.05, 0.1) is 6.61 Å². The fraction of sp³-hybridized carbons (Fsp3) is 1.00. The molecule has 0 aliphatic heterocycles. The van der Waals surface area contributed by atoms with Crippen molar-refractivity contribution in [2.45, 2.75) is 51.0 Å². The predicted octanol–water partition coefficient (Wildman–Crippen LogP) is 2.25. The van der Waals surface area contributed by atoms with Crippen LogP contribution in [0.1, 0.15) is 44.9 Å². The lowest BCUT2D eigenvalue weighted by atomic mass is 9.83. The first-order valence-electron chi connectivity index (χ1n) is 7.79. The molecule has 2 aliphatic rings. The Labute approximate surface area is 112 Å². The van der Waals surface area contributed by atoms with Gasteiger partial charge in [0.1, 0.15) is 0 Å². The van der Waals surface area contributed by atoms with Gasteiger partial charge in [-0.1, -0.05) is 19.3 Å². The molecule has 0 amide bonds. The Balaban J connectivity index is 1.64. The first-order valence-corrected chi connectivity index (χ1v) is 7.79. The van der Waals surface area contributed by atoms with E-state index in [-0.39, 0.29) is 0 Å². The second-order valence-electron chi connectivity index (χ2n) is 6.20. The summed E-state index contributed by atoms with van der Waals surface area (Å²) in [5.41, 5.74) is 5.98. The van der Waals surface area contributed by atoms with Crippen LogP contribution in [0.4, 0.5) is 0 Å². The fourth-order valence-electron chi connectivity index (χ4n) is 3.16. The highest BCUT2D eigenvalue weighted by Gasteiger charge is 2.26. The number of likely N-dealkylation sites (N-methyl/N-ethyl adjacent to an activating group) is 1. The van der Waals surface area contributed by atoms with Crippen LogP contribution >= 0.6 is 0 Å². The summed E-state index contributed by atoms with van der Waals surface area (Å²) >= 11 is 0. The molecule has 3 heteroatoms. The summed E-state index contributed by atoms with van der Waals surface area (Å²) in [7, 11) is 2.21. The summed E-state index contributed by atoms with van der Waals surface area (Å²) in [6.45, 7) is 3.68. The second-order valence-corrected chi connectivity index (χ2v) is 6.20. The van der Waals surface area contributed by atoms with Gasteiger partial charge in [-0.05, 0) is 44.6 Å². The van der Waals surface area contributed by atoms with Gasteiger partial charge in [0.25, 0.3) is 0 Å². The summed E-state index contributed by atoms with van der Waals surface area (Å²) in [5.74, 6) is 1.69. The molecule has 2 rings (SSSR count). The van der Waals surface area contributed by atoms with Gasteiger partial charge in [0, 0.05) is 25.7 Å². The molecule has 2 fully saturated rings. The Morgan fingerprint density at radius 2 is 1.89 bits per heavy atom. The highest BCUT2D eigenvalue weighted by atomic mass is 16.5. The first-order chi connectivity index (χ1) is 8.81. The van der Waals surface area contributed by atoms with Crippen molar-refractivity contribution in [2.24, 2.45) is 17.6 Å². The summed E-state index contributed by atoms with van der Waals surface area (Å²) in [6.07, 6.45) is 9.71. The lowest BCUT2D eigenvalue weighted by Gasteiger charge is -2.36. The van der Waals surface area contributed by atoms with E-state index in [0.29, 0.717) is 6.04 Å². The summed E-state index contributed by atoms with van der Waals surface area (Å²) < 4.78 is 5.73. The number of ether oxygens (including phenoxy) is 1. The van der Waals surface area contributed by atoms with Gasteiger partial charge in [-0.2, -0.15) is 0 Å². The molecule has 0 saturated heterocycles. The third-order valence-corrected chi connectivity index (χ3v) is 4.64. The number of hydrogen-bond donors (Lipinski definition) is 1. The quantitative estimate of drug-likeness (QED) is 0.675. The average Bonchev–Trinajstić information content (AvgIpc) is 3.21. The predicted molar refractivity (Wildman–Crippen MR) is 75.6 cm³/mol. The van der Waals surface area contributed by atoms with Crippen molar-refractivity contribution in [3.8, 4) is 0 Å². The maximum absolute atomic E-state index is 5.98. The number of nitrogens with two attached hydrogens (primary N) is 1. The molecule has 1 unspecified atom stereocenters. The minimum absolute atomic E-state index is 0.565. The van der Waals surface area contributed by atoms with Gasteiger partial charge in [0.15, 0.2) is 0 Å². The average molecular weight is 254 g/mol. The van der Waals surface area contributed by atoms with Gasteiger partial charge >= 0.3 is 0 Å². The van der Waals surface area contributed by atoms with Gasteiger partial charge in [-0.15, -0.1) is 0 Å². The molecule has 2 saturated carbocycles. The molecule has 0 heterocycles. The third-order valence-electron chi connectivity index (χ3n) is 4.64. The minimum atomic E-state index is 0.565. The van der Waals surface area contributed by atoms with E-state index in [0.717, 1.165) is 38.1 Å². The maximum atomic E-state index is 5.98. The topological polar surface area (TPSA) is 38.5 Å². The van der Waals surface area contributed by atoms with Gasteiger partial charge < -0.3 is 10.5 Å². The van der Waals surface area contributed by atoms with Crippen LogP contribution < -0.4 is 5.73 Å². The van der Waals surface area contributed by atoms with Gasteiger partial charge in [-0.3, -0.25) is 4.90 Å². The molecule has 0 aromatic carbocycles. The maximum Gasteiger partial charge on any atom is 0.0593 e. The molecule has 3 nitrogen and oxygen atoms in total. The summed E-state index contributed by atoms with van der Waals surface area (Å²) in [5, 5.41) is 0. The molecule has 1 atom stereocenters. The van der Waals surface area contributed by atoms with Crippen LogP contribution in [-0.4, -0.2) is 44.3 Å². The van der Waals surface area contributed by atoms with Crippen molar-refractivity contribution in [1.29, 1.82) is 0 Å². The third kappa shape index (κ3) is 4.52. The molecular formula is C15H30N2O. The molecule has 0 aromatic rings. The SMILES string of the molecule is CN(CCOCC1CC1)C(CN)C1CCCCC1. The van der Waals surface area contributed by atoms with E-state index in [1.807, 2.05) is 0 Å². The Morgan fingerprint density at radius 3 is 2.50 bits per heavy atom. The molecule has 18 heavy (non-hydrogen) atoms. The lowest BCUT2D eigenvalue weighted by molar-refractivity contribution is 0.0746. The fourth-order valence-corrected chi connectivity index (χ4v) is 3.16. The normalized spacial score (nSPS) is 23.5. The molecular weight excluding hydrogens is 224 g/mol. The molecule has 0 spiro atoms. The van der Waals surface area contributed by atoms with E-state index >= 15 is 0 Å². The van der Waals surface area contributed by atoms with Crippen molar-refractivity contribution >= 4 is 0 Å². The van der Waals surface area contributed by atoms with Gasteiger partial charge in [-0.25, -0.2) is 0 Å². The molecule has 0 radical (unpaired) electrons. The van der Waals surface area contributed by atoms with Crippen LogP contribution in [0.2, 0.25) is 0 Å². The van der Waals surface area contributed by atoms with E-state index in [1.54, 1.807) is 0 Å². The Hall–Kier alpha value is -0.120. The zero-order chi connectivity index (χ0) is 12.8. The first kappa shape index (κ1) is 14.3. The van der Waals surface area contributed by atoms with Crippen LogP contribution in [-0.2, 0) is 4.74 Å². The zero-order valence-corrected chi connectivity index (χ0v) is 11.9. The largest absolute Gasteiger partial charge is 0.380 e. The van der Waals surface area contributed by atoms with E-state index in [1.165, 1.54) is 44.9 Å². The van der Waals surface area contributed by atoms with Crippen molar-refractivity contribution in [1.82, 2.24) is 4.90 Å². The van der Waals surface area contributed by atoms with E-state index < -0.39 is 0 Å². The monoisotopic (exact) mass is 254 g/mol. The highest BCUT2D eigenvalue weighted by Crippen LogP contribution is 2.29. The van der Waals surface area contributed by atoms with Crippen molar-refractivity contribution < 1.29 is 4.74 Å². The Bertz CT molecular complexity index is 225. The molecule has 2 aliphatic carbocycles. The molecule has 0 bridgehead atoms. The number of hydrogen-bond acceptors (Lipinski definition) is 3. The molecule has 2 N–H and O–H groups in total. The standard InChI is InChI=1S/C15H30N2O/c1-17(9-10-18-12-13-7-8-13)15(11-16)14-5-3-2-4-6-14/h13-15H,2-12,16H2,1H3. The Kier molecular flexibility index (Phi) is 5.93. The van der Waals surface area contributed by atoms with Crippen molar-refractivity contribution in [3.05, 3.63) is 0 Å². The number of rotatable bonds is 8. The van der Waals surface area contributed by atoms with E-state index in [2.05, 4.69) is 11.9 Å². The lowest BCUT2D eigenvalue weighted by Crippen LogP contribution is -2.45. The second kappa shape index (κ2) is 7.46. The molecule has 106 valence electrons. The van der Waals surface area contributed by atoms with Gasteiger partial charge in [0.2, 0.25) is 0 Å². The highest BCUT2D eigenvalue weighted by molar-refractivity contribution is 4.81. The van der Waals surface area contributed by atoms with E-state index in [4.69, 9.17) is 10.5 Å². The summed E-state index contributed by atoms with van der Waals surface area (Å²) in [4.78, 5) is 2.43. The van der Waals surface area contributed by atoms with E-state index in [9.17, 15) is 0 Å². The number of nitrogens with zero attached hydrogens (tertiary/aromatic N) is 1. The molecule has 0 aromatic heterocycles. The van der Waals surface area contributed by atoms with Crippen LogP contribution in [0.25, 0.3) is 0 Å². The van der Waals surface area contributed by atoms with Crippen LogP contribution in [0.15, 0.2) is 0 Å². The Morgan fingerprint density at radius 1 is 1.17 bits per heavy atom. The van der Waals surface area contributed by atoms with Crippen LogP contribution in [0.5, 0.6) is 0 Å². The van der Waals surface area contributed by atoms with Crippen molar-refractivity contribution in [2.75, 3.05) is 33.4 Å². The van der Waals surface area contributed by atoms with Crippen LogP contribution in [0, 0.1) is 11.8 Å². The van der Waals surface area contributed by atoms with Crippen molar-refractivity contribution in [3.63, 3.8) is 0 Å². The van der Waals surface area contributed by atoms with Crippen LogP contribution in [0.3, 0.4) is 0 Å². The smallest absolute Gasteiger partial charge is 0.0593 e. The zero-order valence-electron chi connectivity index (χ0n) is 11.9. The summed E-state index contributed by atoms with van der Waals surface area (Å²) in [6, 6.07) is 0.565. The minimum Gasteiger partial charge on any atom is -0.380 e.